The zero-order chi connectivity index (χ0) is 17.4. The monoisotopic (exact) mass is 357 g/mol. The number of nitrogens with zero attached hydrogens (tertiary/aromatic N) is 2. The van der Waals surface area contributed by atoms with Gasteiger partial charge in [0.1, 0.15) is 5.82 Å². The summed E-state index contributed by atoms with van der Waals surface area (Å²) in [6, 6.07) is 4.59. The maximum atomic E-state index is 14.0. The van der Waals surface area contributed by atoms with Crippen molar-refractivity contribution in [3.8, 4) is 0 Å². The molecule has 1 heterocycles. The molecule has 1 aromatic rings. The van der Waals surface area contributed by atoms with Crippen LogP contribution in [-0.4, -0.2) is 48.5 Å². The van der Waals surface area contributed by atoms with Gasteiger partial charge in [-0.2, -0.15) is 0 Å². The van der Waals surface area contributed by atoms with Gasteiger partial charge in [-0.25, -0.2) is 15.4 Å². The molecule has 0 bridgehead atoms. The standard InChI is InChI=1S/C15H24FN5O2S/c16-13-9-11(4-5-14(13)24-19-6-7-22)15(17)20-21(18)10-12-3-1-2-8-23-12/h4-5,9,12,19,22H,1-3,6-8,10,18H2,(H2,17,20). The Hall–Kier alpha value is -1.39. The minimum atomic E-state index is -0.416. The van der Waals surface area contributed by atoms with Crippen LogP contribution in [0.2, 0.25) is 0 Å². The van der Waals surface area contributed by atoms with Crippen LogP contribution in [0, 0.1) is 5.82 Å². The van der Waals surface area contributed by atoms with Crippen molar-refractivity contribution in [2.45, 2.75) is 30.3 Å². The van der Waals surface area contributed by atoms with E-state index >= 15 is 0 Å². The molecule has 7 nitrogen and oxygen atoms in total. The second-order valence-corrected chi connectivity index (χ2v) is 6.39. The van der Waals surface area contributed by atoms with Gasteiger partial charge < -0.3 is 15.6 Å². The highest BCUT2D eigenvalue weighted by molar-refractivity contribution is 7.97. The van der Waals surface area contributed by atoms with Gasteiger partial charge in [-0.15, -0.1) is 5.10 Å². The molecule has 134 valence electrons. The average Bonchev–Trinajstić information content (AvgIpc) is 2.57. The highest BCUT2D eigenvalue weighted by atomic mass is 32.2. The predicted octanol–water partition coefficient (Wildman–Crippen LogP) is 0.780. The molecule has 1 saturated heterocycles. The lowest BCUT2D eigenvalue weighted by Crippen LogP contribution is -2.38. The number of hydrazine groups is 1. The number of nitrogens with two attached hydrogens (primary N) is 2. The minimum absolute atomic E-state index is 0.0106. The van der Waals surface area contributed by atoms with Crippen LogP contribution < -0.4 is 16.3 Å². The molecule has 2 rings (SSSR count). The number of amidine groups is 1. The van der Waals surface area contributed by atoms with E-state index < -0.39 is 5.82 Å². The van der Waals surface area contributed by atoms with Gasteiger partial charge in [0.15, 0.2) is 5.84 Å². The van der Waals surface area contributed by atoms with Crippen LogP contribution in [0.5, 0.6) is 0 Å². The number of rotatable bonds is 8. The van der Waals surface area contributed by atoms with Crippen LogP contribution in [0.25, 0.3) is 0 Å². The van der Waals surface area contributed by atoms with Gasteiger partial charge in [0.05, 0.1) is 24.2 Å². The van der Waals surface area contributed by atoms with Crippen molar-refractivity contribution in [3.63, 3.8) is 0 Å². The molecular weight excluding hydrogens is 333 g/mol. The van der Waals surface area contributed by atoms with Crippen LogP contribution in [0.3, 0.4) is 0 Å². The van der Waals surface area contributed by atoms with Gasteiger partial charge in [-0.05, 0) is 49.4 Å². The number of hydrogen-bond acceptors (Lipinski definition) is 7. The van der Waals surface area contributed by atoms with Crippen molar-refractivity contribution in [1.82, 2.24) is 9.84 Å². The van der Waals surface area contributed by atoms with E-state index in [-0.39, 0.29) is 18.5 Å². The lowest BCUT2D eigenvalue weighted by molar-refractivity contribution is -0.00546. The summed E-state index contributed by atoms with van der Waals surface area (Å²) in [4.78, 5) is 0.417. The van der Waals surface area contributed by atoms with E-state index in [0.29, 0.717) is 23.5 Å². The largest absolute Gasteiger partial charge is 0.395 e. The second-order valence-electron chi connectivity index (χ2n) is 5.46. The SMILES string of the molecule is N/C(=N\N(N)CC1CCCCO1)c1ccc(SNCCO)c(F)c1. The third-order valence-corrected chi connectivity index (χ3v) is 4.42. The number of halogens is 1. The zero-order valence-electron chi connectivity index (χ0n) is 13.4. The second kappa shape index (κ2) is 9.80. The molecule has 0 saturated carbocycles. The number of hydrogen-bond donors (Lipinski definition) is 4. The lowest BCUT2D eigenvalue weighted by atomic mass is 10.1. The number of aliphatic hydroxyl groups is 1. The van der Waals surface area contributed by atoms with Crippen molar-refractivity contribution in [1.29, 1.82) is 0 Å². The summed E-state index contributed by atoms with van der Waals surface area (Å²) in [6.07, 6.45) is 3.19. The summed E-state index contributed by atoms with van der Waals surface area (Å²) < 4.78 is 22.5. The maximum Gasteiger partial charge on any atom is 0.152 e. The summed E-state index contributed by atoms with van der Waals surface area (Å²) in [7, 11) is 0. The Labute approximate surface area is 145 Å². The molecule has 0 aliphatic carbocycles. The van der Waals surface area contributed by atoms with Crippen LogP contribution in [-0.2, 0) is 4.74 Å². The molecule has 0 aromatic heterocycles. The van der Waals surface area contributed by atoms with E-state index in [9.17, 15) is 4.39 Å². The van der Waals surface area contributed by atoms with Crippen LogP contribution in [0.15, 0.2) is 28.2 Å². The van der Waals surface area contributed by atoms with Crippen molar-refractivity contribution < 1.29 is 14.2 Å². The van der Waals surface area contributed by atoms with Gasteiger partial charge in [-0.3, -0.25) is 4.72 Å². The number of aliphatic hydroxyl groups excluding tert-OH is 1. The first-order valence-corrected chi connectivity index (χ1v) is 8.70. The smallest absolute Gasteiger partial charge is 0.152 e. The van der Waals surface area contributed by atoms with Crippen LogP contribution >= 0.6 is 11.9 Å². The highest BCUT2D eigenvalue weighted by Crippen LogP contribution is 2.20. The quantitative estimate of drug-likeness (QED) is 0.136. The Morgan fingerprint density at radius 1 is 1.50 bits per heavy atom. The van der Waals surface area contributed by atoms with Crippen LogP contribution in [0.1, 0.15) is 24.8 Å². The molecule has 0 spiro atoms. The summed E-state index contributed by atoms with van der Waals surface area (Å²) in [5.41, 5.74) is 6.36. The molecule has 1 aliphatic heterocycles. The predicted molar refractivity (Wildman–Crippen MR) is 92.6 cm³/mol. The molecule has 1 atom stereocenters. The fourth-order valence-corrected chi connectivity index (χ4v) is 2.96. The Morgan fingerprint density at radius 2 is 2.33 bits per heavy atom. The van der Waals surface area contributed by atoms with E-state index in [1.54, 1.807) is 12.1 Å². The molecule has 0 amide bonds. The van der Waals surface area contributed by atoms with Gasteiger partial charge in [0.2, 0.25) is 0 Å². The fraction of sp³-hybridized carbons (Fsp3) is 0.533. The summed E-state index contributed by atoms with van der Waals surface area (Å²) in [6.45, 7) is 1.55. The summed E-state index contributed by atoms with van der Waals surface area (Å²) in [5.74, 6) is 5.58. The first-order valence-electron chi connectivity index (χ1n) is 7.88. The number of hydrazone groups is 1. The highest BCUT2D eigenvalue weighted by Gasteiger charge is 2.16. The van der Waals surface area contributed by atoms with Gasteiger partial charge in [0.25, 0.3) is 0 Å². The third-order valence-electron chi connectivity index (χ3n) is 3.52. The first-order chi connectivity index (χ1) is 11.6. The normalized spacial score (nSPS) is 18.6. The Balaban J connectivity index is 1.94. The van der Waals surface area contributed by atoms with Crippen molar-refractivity contribution in [3.05, 3.63) is 29.6 Å². The topological polar surface area (TPSA) is 109 Å². The molecule has 1 fully saturated rings. The maximum absolute atomic E-state index is 14.0. The number of benzene rings is 1. The molecule has 1 aromatic carbocycles. The van der Waals surface area contributed by atoms with Crippen molar-refractivity contribution >= 4 is 17.8 Å². The fourth-order valence-electron chi connectivity index (χ4n) is 2.31. The summed E-state index contributed by atoms with van der Waals surface area (Å²) >= 11 is 1.11. The van der Waals surface area contributed by atoms with E-state index in [4.69, 9.17) is 21.4 Å². The molecule has 1 unspecified atom stereocenters. The van der Waals surface area contributed by atoms with Gasteiger partial charge in [0, 0.05) is 18.7 Å². The Morgan fingerprint density at radius 3 is 3.00 bits per heavy atom. The van der Waals surface area contributed by atoms with E-state index in [0.717, 1.165) is 37.8 Å². The Bertz CT molecular complexity index is 555. The van der Waals surface area contributed by atoms with Gasteiger partial charge >= 0.3 is 0 Å². The molecule has 24 heavy (non-hydrogen) atoms. The third kappa shape index (κ3) is 5.91. The molecule has 9 heteroatoms. The molecule has 6 N–H and O–H groups in total. The lowest BCUT2D eigenvalue weighted by Gasteiger charge is -2.25. The molecule has 1 aliphatic rings. The van der Waals surface area contributed by atoms with Crippen LogP contribution in [0.4, 0.5) is 4.39 Å². The molecular formula is C15H24FN5O2S. The first kappa shape index (κ1) is 18.9. The van der Waals surface area contributed by atoms with E-state index in [2.05, 4.69) is 9.82 Å². The number of ether oxygens (including phenoxy) is 1. The minimum Gasteiger partial charge on any atom is -0.395 e. The molecule has 0 radical (unpaired) electrons. The van der Waals surface area contributed by atoms with Gasteiger partial charge in [-0.1, -0.05) is 0 Å². The van der Waals surface area contributed by atoms with Crippen molar-refractivity contribution in [2.24, 2.45) is 16.7 Å². The Kier molecular flexibility index (Phi) is 7.73. The van der Waals surface area contributed by atoms with E-state index in [1.165, 1.54) is 11.2 Å². The van der Waals surface area contributed by atoms with Crippen molar-refractivity contribution in [2.75, 3.05) is 26.3 Å². The van der Waals surface area contributed by atoms with E-state index in [1.807, 2.05) is 0 Å². The number of nitrogens with one attached hydrogen (secondary N) is 1. The zero-order valence-corrected chi connectivity index (χ0v) is 14.3. The average molecular weight is 357 g/mol. The summed E-state index contributed by atoms with van der Waals surface area (Å²) in [5, 5.41) is 14.0.